The predicted octanol–water partition coefficient (Wildman–Crippen LogP) is 0.416. The van der Waals surface area contributed by atoms with Crippen LogP contribution < -0.4 is 16.0 Å². The van der Waals surface area contributed by atoms with E-state index in [4.69, 9.17) is 10.5 Å². The SMILES string of the molecule is NC1(C(=O)NC2CCN(c3ccccc3)C2=O)CCOCC1. The molecule has 0 bridgehead atoms. The summed E-state index contributed by atoms with van der Waals surface area (Å²) < 4.78 is 5.25. The molecule has 0 saturated carbocycles. The lowest BCUT2D eigenvalue weighted by Crippen LogP contribution is -2.59. The van der Waals surface area contributed by atoms with Crippen LogP contribution in [-0.4, -0.2) is 43.2 Å². The minimum atomic E-state index is -0.918. The molecule has 0 aliphatic carbocycles. The van der Waals surface area contributed by atoms with Crippen molar-refractivity contribution in [2.75, 3.05) is 24.7 Å². The number of nitrogens with one attached hydrogen (secondary N) is 1. The van der Waals surface area contributed by atoms with Crippen LogP contribution in [0.15, 0.2) is 30.3 Å². The van der Waals surface area contributed by atoms with Crippen LogP contribution in [0.3, 0.4) is 0 Å². The quantitative estimate of drug-likeness (QED) is 0.847. The Bertz CT molecular complexity index is 555. The molecule has 6 heteroatoms. The van der Waals surface area contributed by atoms with Crippen LogP contribution in [-0.2, 0) is 14.3 Å². The largest absolute Gasteiger partial charge is 0.381 e. The number of carbonyl (C=O) groups is 2. The molecule has 1 atom stereocenters. The lowest BCUT2D eigenvalue weighted by molar-refractivity contribution is -0.132. The average Bonchev–Trinajstić information content (AvgIpc) is 2.90. The van der Waals surface area contributed by atoms with Gasteiger partial charge in [0.15, 0.2) is 0 Å². The molecule has 1 aromatic rings. The normalized spacial score (nSPS) is 24.3. The van der Waals surface area contributed by atoms with Gasteiger partial charge in [0.25, 0.3) is 0 Å². The smallest absolute Gasteiger partial charge is 0.249 e. The van der Waals surface area contributed by atoms with Gasteiger partial charge in [0.05, 0.1) is 5.54 Å². The van der Waals surface area contributed by atoms with Crippen LogP contribution in [0.5, 0.6) is 0 Å². The van der Waals surface area contributed by atoms with E-state index in [1.807, 2.05) is 30.3 Å². The molecule has 2 amide bonds. The Hall–Kier alpha value is -1.92. The van der Waals surface area contributed by atoms with Crippen molar-refractivity contribution in [2.45, 2.75) is 30.8 Å². The first-order valence-electron chi connectivity index (χ1n) is 7.64. The average molecular weight is 303 g/mol. The molecule has 3 rings (SSSR count). The van der Waals surface area contributed by atoms with Gasteiger partial charge < -0.3 is 20.7 Å². The predicted molar refractivity (Wildman–Crippen MR) is 82.3 cm³/mol. The van der Waals surface area contributed by atoms with Gasteiger partial charge in [-0.1, -0.05) is 18.2 Å². The van der Waals surface area contributed by atoms with Gasteiger partial charge >= 0.3 is 0 Å². The van der Waals surface area contributed by atoms with Crippen molar-refractivity contribution in [2.24, 2.45) is 5.73 Å². The molecule has 1 aromatic carbocycles. The highest BCUT2D eigenvalue weighted by atomic mass is 16.5. The Balaban J connectivity index is 1.64. The maximum absolute atomic E-state index is 12.5. The van der Waals surface area contributed by atoms with E-state index in [9.17, 15) is 9.59 Å². The van der Waals surface area contributed by atoms with Crippen LogP contribution in [0, 0.1) is 0 Å². The summed E-state index contributed by atoms with van der Waals surface area (Å²) in [5, 5.41) is 2.83. The fraction of sp³-hybridized carbons (Fsp3) is 0.500. The van der Waals surface area contributed by atoms with Crippen molar-refractivity contribution in [1.82, 2.24) is 5.32 Å². The first-order chi connectivity index (χ1) is 10.6. The summed E-state index contributed by atoms with van der Waals surface area (Å²) in [7, 11) is 0. The molecule has 1 unspecified atom stereocenters. The maximum atomic E-state index is 12.5. The van der Waals surface area contributed by atoms with E-state index in [1.165, 1.54) is 0 Å². The monoisotopic (exact) mass is 303 g/mol. The number of nitrogens with two attached hydrogens (primary N) is 1. The molecule has 0 radical (unpaired) electrons. The lowest BCUT2D eigenvalue weighted by Gasteiger charge is -2.32. The molecular formula is C16H21N3O3. The van der Waals surface area contributed by atoms with Crippen molar-refractivity contribution >= 4 is 17.5 Å². The highest BCUT2D eigenvalue weighted by molar-refractivity contribution is 6.02. The number of para-hydroxylation sites is 1. The fourth-order valence-electron chi connectivity index (χ4n) is 2.94. The molecule has 3 N–H and O–H groups in total. The summed E-state index contributed by atoms with van der Waals surface area (Å²) in [4.78, 5) is 26.6. The van der Waals surface area contributed by atoms with E-state index in [2.05, 4.69) is 5.32 Å². The van der Waals surface area contributed by atoms with Gasteiger partial charge in [0.2, 0.25) is 11.8 Å². The topological polar surface area (TPSA) is 84.7 Å². The zero-order valence-corrected chi connectivity index (χ0v) is 12.5. The number of rotatable bonds is 3. The molecule has 6 nitrogen and oxygen atoms in total. The molecular weight excluding hydrogens is 282 g/mol. The Labute approximate surface area is 129 Å². The van der Waals surface area contributed by atoms with E-state index in [0.717, 1.165) is 5.69 Å². The highest BCUT2D eigenvalue weighted by Crippen LogP contribution is 2.23. The third-order valence-electron chi connectivity index (χ3n) is 4.42. The van der Waals surface area contributed by atoms with Crippen LogP contribution in [0.2, 0.25) is 0 Å². The molecule has 2 heterocycles. The highest BCUT2D eigenvalue weighted by Gasteiger charge is 2.40. The Morgan fingerprint density at radius 2 is 1.95 bits per heavy atom. The summed E-state index contributed by atoms with van der Waals surface area (Å²) in [5.74, 6) is -0.320. The van der Waals surface area contributed by atoms with Gasteiger partial charge in [-0.15, -0.1) is 0 Å². The molecule has 22 heavy (non-hydrogen) atoms. The number of hydrogen-bond donors (Lipinski definition) is 2. The number of nitrogens with zero attached hydrogens (tertiary/aromatic N) is 1. The van der Waals surface area contributed by atoms with Gasteiger partial charge in [0.1, 0.15) is 6.04 Å². The van der Waals surface area contributed by atoms with Gasteiger partial charge in [-0.05, 0) is 31.4 Å². The number of hydrogen-bond acceptors (Lipinski definition) is 4. The minimum Gasteiger partial charge on any atom is -0.381 e. The van der Waals surface area contributed by atoms with E-state index in [-0.39, 0.29) is 11.8 Å². The van der Waals surface area contributed by atoms with Gasteiger partial charge in [-0.25, -0.2) is 0 Å². The van der Waals surface area contributed by atoms with Crippen molar-refractivity contribution in [3.05, 3.63) is 30.3 Å². The number of amides is 2. The first-order valence-corrected chi connectivity index (χ1v) is 7.64. The van der Waals surface area contributed by atoms with Crippen LogP contribution in [0.1, 0.15) is 19.3 Å². The molecule has 2 fully saturated rings. The maximum Gasteiger partial charge on any atom is 0.249 e. The zero-order valence-electron chi connectivity index (χ0n) is 12.5. The molecule has 2 aliphatic rings. The standard InChI is InChI=1S/C16H21N3O3/c17-16(7-10-22-11-8-16)15(21)18-13-6-9-19(14(13)20)12-4-2-1-3-5-12/h1-5,13H,6-11,17H2,(H,18,21). The molecule has 118 valence electrons. The van der Waals surface area contributed by atoms with E-state index in [0.29, 0.717) is 39.0 Å². The summed E-state index contributed by atoms with van der Waals surface area (Å²) in [6.07, 6.45) is 1.58. The number of carbonyl (C=O) groups excluding carboxylic acids is 2. The zero-order chi connectivity index (χ0) is 15.6. The summed E-state index contributed by atoms with van der Waals surface area (Å²) in [6.45, 7) is 1.58. The Kier molecular flexibility index (Phi) is 4.13. The third-order valence-corrected chi connectivity index (χ3v) is 4.42. The fourth-order valence-corrected chi connectivity index (χ4v) is 2.94. The second-order valence-electron chi connectivity index (χ2n) is 5.91. The second kappa shape index (κ2) is 6.06. The lowest BCUT2D eigenvalue weighted by atomic mass is 9.90. The number of ether oxygens (including phenoxy) is 1. The Morgan fingerprint density at radius 3 is 2.64 bits per heavy atom. The molecule has 0 aromatic heterocycles. The molecule has 2 aliphatic heterocycles. The summed E-state index contributed by atoms with van der Waals surface area (Å²) in [5.41, 5.74) is 6.10. The van der Waals surface area contributed by atoms with Crippen molar-refractivity contribution in [1.29, 1.82) is 0 Å². The number of benzene rings is 1. The van der Waals surface area contributed by atoms with Crippen molar-refractivity contribution in [3.63, 3.8) is 0 Å². The van der Waals surface area contributed by atoms with Crippen LogP contribution in [0.4, 0.5) is 5.69 Å². The van der Waals surface area contributed by atoms with Crippen LogP contribution in [0.25, 0.3) is 0 Å². The van der Waals surface area contributed by atoms with E-state index in [1.54, 1.807) is 4.90 Å². The third kappa shape index (κ3) is 2.84. The van der Waals surface area contributed by atoms with Crippen molar-refractivity contribution in [3.8, 4) is 0 Å². The molecule has 0 spiro atoms. The van der Waals surface area contributed by atoms with Gasteiger partial charge in [0, 0.05) is 25.4 Å². The molecule has 2 saturated heterocycles. The van der Waals surface area contributed by atoms with E-state index < -0.39 is 11.6 Å². The summed E-state index contributed by atoms with van der Waals surface area (Å²) in [6, 6.07) is 9.00. The first kappa shape index (κ1) is 15.0. The van der Waals surface area contributed by atoms with Gasteiger partial charge in [-0.2, -0.15) is 0 Å². The van der Waals surface area contributed by atoms with Gasteiger partial charge in [-0.3, -0.25) is 9.59 Å². The van der Waals surface area contributed by atoms with Crippen LogP contribution >= 0.6 is 0 Å². The Morgan fingerprint density at radius 1 is 1.27 bits per heavy atom. The number of anilines is 1. The minimum absolute atomic E-state index is 0.0739. The second-order valence-corrected chi connectivity index (χ2v) is 5.91. The van der Waals surface area contributed by atoms with E-state index >= 15 is 0 Å². The van der Waals surface area contributed by atoms with Crippen molar-refractivity contribution < 1.29 is 14.3 Å². The summed E-state index contributed by atoms with van der Waals surface area (Å²) >= 11 is 0.